The molecular formula is C24H23ClFN5O3. The van der Waals surface area contributed by atoms with Crippen LogP contribution in [0.4, 0.5) is 4.39 Å². The van der Waals surface area contributed by atoms with Gasteiger partial charge in [0.05, 0.1) is 12.2 Å². The number of halogens is 2. The van der Waals surface area contributed by atoms with Crippen LogP contribution in [-0.4, -0.2) is 24.8 Å². The maximum absolute atomic E-state index is 13.4. The molecular weight excluding hydrogens is 461 g/mol. The smallest absolute Gasteiger partial charge is 0.332 e. The van der Waals surface area contributed by atoms with Crippen LogP contribution in [0.25, 0.3) is 11.0 Å². The third kappa shape index (κ3) is 4.51. The third-order valence-corrected chi connectivity index (χ3v) is 5.93. The van der Waals surface area contributed by atoms with Gasteiger partial charge in [-0.1, -0.05) is 41.9 Å². The summed E-state index contributed by atoms with van der Waals surface area (Å²) in [6, 6.07) is 12.7. The molecule has 0 aliphatic carbocycles. The first-order valence-electron chi connectivity index (χ1n) is 10.8. The van der Waals surface area contributed by atoms with E-state index in [1.165, 1.54) is 33.5 Å². The Hall–Kier alpha value is -3.72. The predicted octanol–water partition coefficient (Wildman–Crippen LogP) is 2.85. The van der Waals surface area contributed by atoms with E-state index in [0.717, 1.165) is 10.1 Å². The molecule has 0 aliphatic rings. The SMILES string of the molecule is CCn1nc(C)c2c1c(=O)n(Cc1ccc(F)cc1)c(=O)n2CC(=O)NCc1ccccc1Cl. The van der Waals surface area contributed by atoms with Gasteiger partial charge < -0.3 is 5.32 Å². The fraction of sp³-hybridized carbons (Fsp3) is 0.250. The molecule has 4 aromatic rings. The topological polar surface area (TPSA) is 90.9 Å². The van der Waals surface area contributed by atoms with E-state index in [2.05, 4.69) is 10.4 Å². The molecule has 34 heavy (non-hydrogen) atoms. The number of carbonyl (C=O) groups excluding carboxylic acids is 1. The van der Waals surface area contributed by atoms with E-state index < -0.39 is 23.0 Å². The molecule has 0 atom stereocenters. The number of hydrogen-bond donors (Lipinski definition) is 1. The Morgan fingerprint density at radius 1 is 1.06 bits per heavy atom. The zero-order chi connectivity index (χ0) is 24.4. The standard InChI is InChI=1S/C24H23ClFN5O3/c1-3-31-22-21(15(2)28-31)29(14-20(32)27-12-17-6-4-5-7-19(17)25)24(34)30(23(22)33)13-16-8-10-18(26)11-9-16/h4-11H,3,12-14H2,1-2H3,(H,27,32). The van der Waals surface area contributed by atoms with Gasteiger partial charge in [0.15, 0.2) is 5.52 Å². The van der Waals surface area contributed by atoms with Gasteiger partial charge in [-0.2, -0.15) is 5.10 Å². The Labute approximate surface area is 199 Å². The molecule has 0 radical (unpaired) electrons. The van der Waals surface area contributed by atoms with Crippen molar-refractivity contribution in [2.45, 2.75) is 40.0 Å². The highest BCUT2D eigenvalue weighted by molar-refractivity contribution is 6.31. The monoisotopic (exact) mass is 483 g/mol. The lowest BCUT2D eigenvalue weighted by Crippen LogP contribution is -2.43. The third-order valence-electron chi connectivity index (χ3n) is 5.56. The Morgan fingerprint density at radius 3 is 2.44 bits per heavy atom. The van der Waals surface area contributed by atoms with Gasteiger partial charge >= 0.3 is 5.69 Å². The predicted molar refractivity (Wildman–Crippen MR) is 127 cm³/mol. The first kappa shape index (κ1) is 23.4. The summed E-state index contributed by atoms with van der Waals surface area (Å²) < 4.78 is 17.1. The minimum atomic E-state index is -0.645. The molecule has 1 N–H and O–H groups in total. The second-order valence-electron chi connectivity index (χ2n) is 7.85. The number of rotatable bonds is 7. The number of nitrogens with zero attached hydrogens (tertiary/aromatic N) is 4. The summed E-state index contributed by atoms with van der Waals surface area (Å²) in [6.45, 7) is 3.76. The molecule has 4 rings (SSSR count). The highest BCUT2D eigenvalue weighted by Gasteiger charge is 2.21. The van der Waals surface area contributed by atoms with E-state index in [1.807, 2.05) is 13.0 Å². The van der Waals surface area contributed by atoms with Crippen molar-refractivity contribution >= 4 is 28.5 Å². The van der Waals surface area contributed by atoms with Gasteiger partial charge in [0.25, 0.3) is 5.56 Å². The van der Waals surface area contributed by atoms with E-state index in [9.17, 15) is 18.8 Å². The Balaban J connectivity index is 1.75. The van der Waals surface area contributed by atoms with Crippen molar-refractivity contribution in [1.29, 1.82) is 0 Å². The van der Waals surface area contributed by atoms with Crippen molar-refractivity contribution in [2.75, 3.05) is 0 Å². The number of aryl methyl sites for hydroxylation is 2. The van der Waals surface area contributed by atoms with Crippen LogP contribution in [0.2, 0.25) is 5.02 Å². The number of carbonyl (C=O) groups is 1. The summed E-state index contributed by atoms with van der Waals surface area (Å²) in [5.41, 5.74) is 1.19. The first-order chi connectivity index (χ1) is 16.3. The molecule has 1 amide bonds. The molecule has 0 unspecified atom stereocenters. The number of aromatic nitrogens is 4. The minimum Gasteiger partial charge on any atom is -0.350 e. The van der Waals surface area contributed by atoms with Crippen LogP contribution in [0.3, 0.4) is 0 Å². The average molecular weight is 484 g/mol. The number of fused-ring (bicyclic) bond motifs is 1. The van der Waals surface area contributed by atoms with E-state index in [4.69, 9.17) is 11.6 Å². The van der Waals surface area contributed by atoms with Crippen LogP contribution in [0.5, 0.6) is 0 Å². The van der Waals surface area contributed by atoms with Crippen molar-refractivity contribution in [3.8, 4) is 0 Å². The van der Waals surface area contributed by atoms with E-state index >= 15 is 0 Å². The number of benzene rings is 2. The van der Waals surface area contributed by atoms with Crippen LogP contribution >= 0.6 is 11.6 Å². The van der Waals surface area contributed by atoms with Crippen molar-refractivity contribution < 1.29 is 9.18 Å². The average Bonchev–Trinajstić information content (AvgIpc) is 3.16. The normalized spacial score (nSPS) is 11.2. The second-order valence-corrected chi connectivity index (χ2v) is 8.26. The van der Waals surface area contributed by atoms with Crippen LogP contribution < -0.4 is 16.6 Å². The summed E-state index contributed by atoms with van der Waals surface area (Å²) in [4.78, 5) is 39.5. The molecule has 2 aromatic heterocycles. The van der Waals surface area contributed by atoms with Gasteiger partial charge in [0.2, 0.25) is 5.91 Å². The first-order valence-corrected chi connectivity index (χ1v) is 11.1. The van der Waals surface area contributed by atoms with E-state index in [1.54, 1.807) is 25.1 Å². The molecule has 2 heterocycles. The molecule has 176 valence electrons. The molecule has 8 nitrogen and oxygen atoms in total. The highest BCUT2D eigenvalue weighted by atomic mass is 35.5. The largest absolute Gasteiger partial charge is 0.350 e. The summed E-state index contributed by atoms with van der Waals surface area (Å²) in [5.74, 6) is -0.835. The fourth-order valence-corrected chi connectivity index (χ4v) is 4.09. The number of nitrogens with one attached hydrogen (secondary N) is 1. The van der Waals surface area contributed by atoms with Gasteiger partial charge in [-0.25, -0.2) is 9.18 Å². The van der Waals surface area contributed by atoms with Crippen molar-refractivity contribution in [1.82, 2.24) is 24.2 Å². The molecule has 10 heteroatoms. The maximum Gasteiger partial charge on any atom is 0.332 e. The molecule has 0 aliphatic heterocycles. The van der Waals surface area contributed by atoms with Crippen LogP contribution in [0, 0.1) is 12.7 Å². The van der Waals surface area contributed by atoms with Crippen LogP contribution in [0.1, 0.15) is 23.7 Å². The summed E-state index contributed by atoms with van der Waals surface area (Å²) in [5, 5.41) is 7.68. The summed E-state index contributed by atoms with van der Waals surface area (Å²) in [7, 11) is 0. The number of hydrogen-bond acceptors (Lipinski definition) is 4. The summed E-state index contributed by atoms with van der Waals surface area (Å²) in [6.07, 6.45) is 0. The molecule has 0 bridgehead atoms. The highest BCUT2D eigenvalue weighted by Crippen LogP contribution is 2.16. The molecule has 0 spiro atoms. The van der Waals surface area contributed by atoms with E-state index in [0.29, 0.717) is 28.3 Å². The van der Waals surface area contributed by atoms with Crippen LogP contribution in [-0.2, 0) is 31.0 Å². The van der Waals surface area contributed by atoms with Gasteiger partial charge in [0, 0.05) is 18.1 Å². The minimum absolute atomic E-state index is 0.0664. The lowest BCUT2D eigenvalue weighted by atomic mass is 10.2. The molecule has 0 fully saturated rings. The van der Waals surface area contributed by atoms with Crippen molar-refractivity contribution in [3.63, 3.8) is 0 Å². The van der Waals surface area contributed by atoms with E-state index in [-0.39, 0.29) is 25.2 Å². The molecule has 0 saturated heterocycles. The maximum atomic E-state index is 13.4. The van der Waals surface area contributed by atoms with Gasteiger partial charge in [-0.3, -0.25) is 23.4 Å². The Bertz CT molecular complexity index is 1490. The zero-order valence-electron chi connectivity index (χ0n) is 18.7. The quantitative estimate of drug-likeness (QED) is 0.437. The van der Waals surface area contributed by atoms with Crippen molar-refractivity contribution in [2.24, 2.45) is 0 Å². The lowest BCUT2D eigenvalue weighted by Gasteiger charge is -2.14. The van der Waals surface area contributed by atoms with Gasteiger partial charge in [-0.15, -0.1) is 0 Å². The molecule has 2 aromatic carbocycles. The summed E-state index contributed by atoms with van der Waals surface area (Å²) >= 11 is 6.16. The van der Waals surface area contributed by atoms with Gasteiger partial charge in [-0.05, 0) is 43.2 Å². The zero-order valence-corrected chi connectivity index (χ0v) is 19.5. The van der Waals surface area contributed by atoms with Gasteiger partial charge in [0.1, 0.15) is 17.9 Å². The fourth-order valence-electron chi connectivity index (χ4n) is 3.89. The Kier molecular flexibility index (Phi) is 6.65. The molecule has 0 saturated carbocycles. The van der Waals surface area contributed by atoms with Crippen LogP contribution in [0.15, 0.2) is 58.1 Å². The lowest BCUT2D eigenvalue weighted by molar-refractivity contribution is -0.121. The Morgan fingerprint density at radius 2 is 1.76 bits per heavy atom. The second kappa shape index (κ2) is 9.64. The number of amides is 1. The van der Waals surface area contributed by atoms with Crippen molar-refractivity contribution in [3.05, 3.63) is 97.0 Å².